The number of para-hydroxylation sites is 1. The van der Waals surface area contributed by atoms with Crippen molar-refractivity contribution < 1.29 is 32.7 Å². The molecule has 34 heavy (non-hydrogen) atoms. The van der Waals surface area contributed by atoms with E-state index in [1.54, 1.807) is 53.6 Å². The largest absolute Gasteiger partial charge is 0.497 e. The lowest BCUT2D eigenvalue weighted by atomic mass is 9.90. The number of carbonyl (C=O) groups excluding carboxylic acids is 2. The summed E-state index contributed by atoms with van der Waals surface area (Å²) in [7, 11) is 1.53. The second-order valence-corrected chi connectivity index (χ2v) is 7.82. The van der Waals surface area contributed by atoms with Crippen molar-refractivity contribution >= 4 is 23.2 Å². The van der Waals surface area contributed by atoms with Crippen LogP contribution >= 0.6 is 0 Å². The Hall–Kier alpha value is -3.98. The minimum Gasteiger partial charge on any atom is -0.497 e. The van der Waals surface area contributed by atoms with Gasteiger partial charge in [0.1, 0.15) is 17.4 Å². The number of halogens is 2. The number of anilines is 2. The minimum atomic E-state index is -2.95. The maximum absolute atomic E-state index is 13.6. The molecule has 0 spiro atoms. The van der Waals surface area contributed by atoms with E-state index < -0.39 is 36.5 Å². The summed E-state index contributed by atoms with van der Waals surface area (Å²) in [5.74, 6) is -1.12. The molecule has 0 N–H and O–H groups in total. The number of methoxy groups -OCH3 is 1. The SMILES string of the molecule is COc1ccc(N2C(=O)[C@H]3[C@H](ON(c4ccccc4)[C@@H]3c3ccc(OC(F)F)cc3)C2=O)cc1. The van der Waals surface area contributed by atoms with Gasteiger partial charge in [-0.2, -0.15) is 8.78 Å². The zero-order valence-electron chi connectivity index (χ0n) is 18.0. The summed E-state index contributed by atoms with van der Waals surface area (Å²) in [5.41, 5.74) is 1.70. The van der Waals surface area contributed by atoms with Gasteiger partial charge in [0.05, 0.1) is 24.5 Å². The first-order valence-corrected chi connectivity index (χ1v) is 10.6. The highest BCUT2D eigenvalue weighted by molar-refractivity contribution is 6.23. The third-order valence-corrected chi connectivity index (χ3v) is 5.90. The van der Waals surface area contributed by atoms with Crippen LogP contribution in [0.4, 0.5) is 20.2 Å². The predicted octanol–water partition coefficient (Wildman–Crippen LogP) is 4.35. The van der Waals surface area contributed by atoms with Crippen molar-refractivity contribution in [2.75, 3.05) is 17.1 Å². The van der Waals surface area contributed by atoms with E-state index in [0.717, 1.165) is 4.90 Å². The van der Waals surface area contributed by atoms with Crippen molar-refractivity contribution in [3.8, 4) is 11.5 Å². The number of alkyl halides is 2. The molecule has 0 radical (unpaired) electrons. The zero-order chi connectivity index (χ0) is 23.8. The molecule has 2 aliphatic rings. The summed E-state index contributed by atoms with van der Waals surface area (Å²) in [5, 5.41) is 1.54. The van der Waals surface area contributed by atoms with Crippen LogP contribution in [-0.2, 0) is 14.4 Å². The second kappa shape index (κ2) is 8.75. The number of fused-ring (bicyclic) bond motifs is 1. The third-order valence-electron chi connectivity index (χ3n) is 5.90. The van der Waals surface area contributed by atoms with Crippen molar-refractivity contribution in [1.82, 2.24) is 0 Å². The zero-order valence-corrected chi connectivity index (χ0v) is 18.0. The van der Waals surface area contributed by atoms with E-state index in [1.807, 2.05) is 18.2 Å². The van der Waals surface area contributed by atoms with E-state index in [9.17, 15) is 18.4 Å². The molecule has 174 valence electrons. The van der Waals surface area contributed by atoms with Crippen molar-refractivity contribution in [2.24, 2.45) is 5.92 Å². The van der Waals surface area contributed by atoms with Gasteiger partial charge in [-0.1, -0.05) is 30.3 Å². The van der Waals surface area contributed by atoms with E-state index in [4.69, 9.17) is 9.57 Å². The maximum Gasteiger partial charge on any atom is 0.387 e. The molecular formula is C25H20F2N2O5. The summed E-state index contributed by atoms with van der Waals surface area (Å²) in [6.45, 7) is -2.95. The maximum atomic E-state index is 13.6. The third kappa shape index (κ3) is 3.73. The first-order valence-electron chi connectivity index (χ1n) is 10.6. The second-order valence-electron chi connectivity index (χ2n) is 7.82. The summed E-state index contributed by atoms with van der Waals surface area (Å²) in [6.07, 6.45) is -1.03. The fourth-order valence-electron chi connectivity index (χ4n) is 4.38. The highest BCUT2D eigenvalue weighted by atomic mass is 19.3. The van der Waals surface area contributed by atoms with Crippen molar-refractivity contribution in [3.63, 3.8) is 0 Å². The molecule has 3 aromatic carbocycles. The monoisotopic (exact) mass is 466 g/mol. The molecular weight excluding hydrogens is 446 g/mol. The predicted molar refractivity (Wildman–Crippen MR) is 119 cm³/mol. The van der Waals surface area contributed by atoms with E-state index in [2.05, 4.69) is 4.74 Å². The van der Waals surface area contributed by atoms with Crippen molar-refractivity contribution in [2.45, 2.75) is 18.8 Å². The molecule has 0 saturated carbocycles. The normalized spacial score (nSPS) is 21.8. The molecule has 9 heteroatoms. The van der Waals surface area contributed by atoms with E-state index in [1.165, 1.54) is 19.2 Å². The number of hydrogen-bond acceptors (Lipinski definition) is 6. The van der Waals surface area contributed by atoms with Gasteiger partial charge in [0.2, 0.25) is 5.91 Å². The lowest BCUT2D eigenvalue weighted by Crippen LogP contribution is -2.37. The number of carbonyl (C=O) groups is 2. The van der Waals surface area contributed by atoms with Gasteiger partial charge < -0.3 is 9.47 Å². The van der Waals surface area contributed by atoms with Crippen LogP contribution in [0.3, 0.4) is 0 Å². The molecule has 3 atom stereocenters. The van der Waals surface area contributed by atoms with Crippen LogP contribution in [-0.4, -0.2) is 31.6 Å². The van der Waals surface area contributed by atoms with Gasteiger partial charge in [-0.25, -0.2) is 9.96 Å². The standard InChI is InChI=1S/C25H20F2N2O5/c1-32-18-13-9-16(10-14-18)28-23(30)20-21(15-7-11-19(12-8-15)33-25(26)27)29(34-22(20)24(28)31)17-5-3-2-4-6-17/h2-14,20-22,25H,1H3/t20-,21-,22+/m1/s1. The Kier molecular flexibility index (Phi) is 5.62. The average molecular weight is 466 g/mol. The van der Waals surface area contributed by atoms with Crippen LogP contribution in [0, 0.1) is 5.92 Å². The smallest absolute Gasteiger partial charge is 0.387 e. The number of rotatable bonds is 6. The minimum absolute atomic E-state index is 0.00541. The molecule has 3 aromatic rings. The summed E-state index contributed by atoms with van der Waals surface area (Å²) >= 11 is 0. The highest BCUT2D eigenvalue weighted by Gasteiger charge is 2.60. The number of benzene rings is 3. The van der Waals surface area contributed by atoms with Crippen LogP contribution < -0.4 is 19.4 Å². The van der Waals surface area contributed by atoms with Crippen molar-refractivity contribution in [3.05, 3.63) is 84.4 Å². The summed E-state index contributed by atoms with van der Waals surface area (Å²) in [4.78, 5) is 34.1. The number of hydroxylamine groups is 1. The lowest BCUT2D eigenvalue weighted by Gasteiger charge is -2.28. The van der Waals surface area contributed by atoms with Gasteiger partial charge in [-0.3, -0.25) is 14.4 Å². The van der Waals surface area contributed by atoms with Gasteiger partial charge >= 0.3 is 6.61 Å². The number of amides is 2. The molecule has 0 bridgehead atoms. The molecule has 0 unspecified atom stereocenters. The molecule has 2 fully saturated rings. The Bertz CT molecular complexity index is 1190. The lowest BCUT2D eigenvalue weighted by molar-refractivity contribution is -0.126. The number of nitrogens with zero attached hydrogens (tertiary/aromatic N) is 2. The molecule has 2 heterocycles. The van der Waals surface area contributed by atoms with Gasteiger partial charge in [0, 0.05) is 0 Å². The van der Waals surface area contributed by atoms with Crippen LogP contribution in [0.2, 0.25) is 0 Å². The average Bonchev–Trinajstić information content (AvgIpc) is 3.36. The van der Waals surface area contributed by atoms with Gasteiger partial charge in [0.15, 0.2) is 6.10 Å². The summed E-state index contributed by atoms with van der Waals surface area (Å²) < 4.78 is 34.8. The Labute approximate surface area is 194 Å². The van der Waals surface area contributed by atoms with E-state index >= 15 is 0 Å². The number of hydrogen-bond donors (Lipinski definition) is 0. The highest BCUT2D eigenvalue weighted by Crippen LogP contribution is 2.47. The van der Waals surface area contributed by atoms with Crippen LogP contribution in [0.25, 0.3) is 0 Å². The molecule has 2 saturated heterocycles. The number of imide groups is 1. The Morgan fingerprint density at radius 1 is 0.824 bits per heavy atom. The molecule has 5 rings (SSSR count). The Morgan fingerprint density at radius 3 is 2.09 bits per heavy atom. The molecule has 2 aliphatic heterocycles. The van der Waals surface area contributed by atoms with Crippen LogP contribution in [0.1, 0.15) is 11.6 Å². The molecule has 0 aromatic heterocycles. The molecule has 7 nitrogen and oxygen atoms in total. The molecule has 0 aliphatic carbocycles. The summed E-state index contributed by atoms with van der Waals surface area (Å²) in [6, 6.07) is 21.0. The van der Waals surface area contributed by atoms with E-state index in [-0.39, 0.29) is 5.75 Å². The first kappa shape index (κ1) is 21.8. The fraction of sp³-hybridized carbons (Fsp3) is 0.200. The van der Waals surface area contributed by atoms with Crippen molar-refractivity contribution in [1.29, 1.82) is 0 Å². The van der Waals surface area contributed by atoms with Crippen LogP contribution in [0.5, 0.6) is 11.5 Å². The number of ether oxygens (including phenoxy) is 2. The topological polar surface area (TPSA) is 68.3 Å². The van der Waals surface area contributed by atoms with Gasteiger partial charge in [-0.05, 0) is 54.1 Å². The van der Waals surface area contributed by atoms with Crippen LogP contribution in [0.15, 0.2) is 78.9 Å². The van der Waals surface area contributed by atoms with Gasteiger partial charge in [-0.15, -0.1) is 0 Å². The molecule has 2 amide bonds. The fourth-order valence-corrected chi connectivity index (χ4v) is 4.38. The van der Waals surface area contributed by atoms with Gasteiger partial charge in [0.25, 0.3) is 5.91 Å². The Morgan fingerprint density at radius 2 is 1.47 bits per heavy atom. The van der Waals surface area contributed by atoms with E-state index in [0.29, 0.717) is 22.7 Å². The Balaban J connectivity index is 1.52. The first-order chi connectivity index (χ1) is 16.5. The quantitative estimate of drug-likeness (QED) is 0.504.